The van der Waals surface area contributed by atoms with Crippen LogP contribution < -0.4 is 5.32 Å². The zero-order valence-corrected chi connectivity index (χ0v) is 17.0. The van der Waals surface area contributed by atoms with Gasteiger partial charge < -0.3 is 10.3 Å². The largest absolute Gasteiger partial charge is 0.361 e. The molecule has 0 aliphatic carbocycles. The Hall–Kier alpha value is -3.05. The number of anilines is 1. The van der Waals surface area contributed by atoms with Crippen LogP contribution in [-0.4, -0.2) is 20.7 Å². The van der Waals surface area contributed by atoms with Gasteiger partial charge in [-0.05, 0) is 43.0 Å². The highest BCUT2D eigenvalue weighted by Crippen LogP contribution is 2.20. The Kier molecular flexibility index (Phi) is 5.67. The lowest BCUT2D eigenvalue weighted by molar-refractivity contribution is -0.116. The second-order valence-corrected chi connectivity index (χ2v) is 7.59. The second kappa shape index (κ2) is 8.53. The number of halogens is 1. The van der Waals surface area contributed by atoms with Crippen molar-refractivity contribution in [3.63, 3.8) is 0 Å². The van der Waals surface area contributed by atoms with Crippen molar-refractivity contribution in [2.24, 2.45) is 0 Å². The average molecular weight is 407 g/mol. The summed E-state index contributed by atoms with van der Waals surface area (Å²) in [6.07, 6.45) is 4.13. The summed E-state index contributed by atoms with van der Waals surface area (Å²) in [5, 5.41) is 9.35. The van der Waals surface area contributed by atoms with E-state index in [9.17, 15) is 4.79 Å². The molecule has 6 heteroatoms. The summed E-state index contributed by atoms with van der Waals surface area (Å²) in [5.74, 6) is 0.555. The smallest absolute Gasteiger partial charge is 0.225 e. The van der Waals surface area contributed by atoms with Gasteiger partial charge in [0.2, 0.25) is 5.91 Å². The molecule has 0 unspecified atom stereocenters. The van der Waals surface area contributed by atoms with Gasteiger partial charge in [0.1, 0.15) is 0 Å². The van der Waals surface area contributed by atoms with Crippen LogP contribution in [-0.2, 0) is 17.8 Å². The molecule has 0 aliphatic heterocycles. The molecular formula is C23H23ClN4O. The van der Waals surface area contributed by atoms with Crippen LogP contribution >= 0.6 is 11.6 Å². The molecule has 1 amide bonds. The summed E-state index contributed by atoms with van der Waals surface area (Å²) in [7, 11) is 0. The van der Waals surface area contributed by atoms with E-state index in [0.717, 1.165) is 29.6 Å². The Morgan fingerprint density at radius 3 is 2.79 bits per heavy atom. The highest BCUT2D eigenvalue weighted by Gasteiger charge is 2.10. The standard InChI is InChI=1S/C23H23ClN4O/c1-16-13-22(27-28(16)15-18-7-2-4-10-20(18)24)26-23(29)12-6-8-17-14-25-21-11-5-3-9-19(17)21/h2-5,7,9-11,13-14,25H,6,8,12,15H2,1H3,(H,26,27,29). The topological polar surface area (TPSA) is 62.7 Å². The number of nitrogens with one attached hydrogen (secondary N) is 2. The highest BCUT2D eigenvalue weighted by molar-refractivity contribution is 6.31. The Balaban J connectivity index is 1.32. The first kappa shape index (κ1) is 19.3. The number of benzene rings is 2. The molecule has 0 aliphatic rings. The summed E-state index contributed by atoms with van der Waals surface area (Å²) in [6, 6.07) is 17.8. The molecule has 0 spiro atoms. The third-order valence-electron chi connectivity index (χ3n) is 5.05. The van der Waals surface area contributed by atoms with Crippen molar-refractivity contribution < 1.29 is 4.79 Å². The first-order chi connectivity index (χ1) is 14.1. The van der Waals surface area contributed by atoms with Crippen molar-refractivity contribution in [2.45, 2.75) is 32.7 Å². The zero-order chi connectivity index (χ0) is 20.2. The fourth-order valence-electron chi connectivity index (χ4n) is 3.50. The first-order valence-corrected chi connectivity index (χ1v) is 10.1. The number of nitrogens with zero attached hydrogens (tertiary/aromatic N) is 2. The van der Waals surface area contributed by atoms with Gasteiger partial charge in [-0.2, -0.15) is 5.10 Å². The van der Waals surface area contributed by atoms with Gasteiger partial charge in [0, 0.05) is 40.3 Å². The summed E-state index contributed by atoms with van der Waals surface area (Å²) in [4.78, 5) is 15.6. The van der Waals surface area contributed by atoms with E-state index in [-0.39, 0.29) is 5.91 Å². The number of carbonyl (C=O) groups excluding carboxylic acids is 1. The summed E-state index contributed by atoms with van der Waals surface area (Å²) >= 11 is 6.24. The summed E-state index contributed by atoms with van der Waals surface area (Å²) in [5.41, 5.74) is 4.34. The lowest BCUT2D eigenvalue weighted by Gasteiger charge is -2.06. The maximum Gasteiger partial charge on any atom is 0.225 e. The zero-order valence-electron chi connectivity index (χ0n) is 16.3. The molecule has 4 rings (SSSR count). The molecule has 0 fully saturated rings. The van der Waals surface area contributed by atoms with E-state index < -0.39 is 0 Å². The van der Waals surface area contributed by atoms with Crippen LogP contribution in [0.2, 0.25) is 5.02 Å². The quantitative estimate of drug-likeness (QED) is 0.435. The molecule has 0 atom stereocenters. The summed E-state index contributed by atoms with van der Waals surface area (Å²) < 4.78 is 1.85. The van der Waals surface area contributed by atoms with Crippen LogP contribution in [0.3, 0.4) is 0 Å². The van der Waals surface area contributed by atoms with E-state index in [0.29, 0.717) is 23.8 Å². The van der Waals surface area contributed by atoms with Crippen LogP contribution in [0, 0.1) is 6.92 Å². The van der Waals surface area contributed by atoms with Crippen LogP contribution in [0.25, 0.3) is 10.9 Å². The molecule has 4 aromatic rings. The van der Waals surface area contributed by atoms with Gasteiger partial charge in [0.25, 0.3) is 0 Å². The molecular weight excluding hydrogens is 384 g/mol. The van der Waals surface area contributed by atoms with Crippen molar-refractivity contribution in [2.75, 3.05) is 5.32 Å². The minimum Gasteiger partial charge on any atom is -0.361 e. The van der Waals surface area contributed by atoms with E-state index in [1.807, 2.05) is 60.3 Å². The first-order valence-electron chi connectivity index (χ1n) is 9.73. The second-order valence-electron chi connectivity index (χ2n) is 7.18. The molecule has 0 saturated carbocycles. The highest BCUT2D eigenvalue weighted by atomic mass is 35.5. The van der Waals surface area contributed by atoms with Crippen LogP contribution in [0.1, 0.15) is 29.7 Å². The number of aryl methyl sites for hydroxylation is 2. The van der Waals surface area contributed by atoms with E-state index >= 15 is 0 Å². The van der Waals surface area contributed by atoms with Gasteiger partial charge in [0.05, 0.1) is 6.54 Å². The van der Waals surface area contributed by atoms with Crippen LogP contribution in [0.4, 0.5) is 5.82 Å². The SMILES string of the molecule is Cc1cc(NC(=O)CCCc2c[nH]c3ccccc23)nn1Cc1ccccc1Cl. The molecule has 2 aromatic heterocycles. The lowest BCUT2D eigenvalue weighted by Crippen LogP contribution is -2.12. The Bertz CT molecular complexity index is 1140. The summed E-state index contributed by atoms with van der Waals surface area (Å²) in [6.45, 7) is 2.54. The Labute approximate surface area is 174 Å². The number of para-hydroxylation sites is 1. The van der Waals surface area contributed by atoms with Gasteiger partial charge in [-0.3, -0.25) is 9.48 Å². The van der Waals surface area contributed by atoms with Gasteiger partial charge in [-0.25, -0.2) is 0 Å². The van der Waals surface area contributed by atoms with Crippen molar-refractivity contribution in [1.29, 1.82) is 0 Å². The van der Waals surface area contributed by atoms with Crippen molar-refractivity contribution in [3.8, 4) is 0 Å². The molecule has 29 heavy (non-hydrogen) atoms. The van der Waals surface area contributed by atoms with Gasteiger partial charge >= 0.3 is 0 Å². The van der Waals surface area contributed by atoms with E-state index in [1.165, 1.54) is 10.9 Å². The number of H-pyrrole nitrogens is 1. The third kappa shape index (κ3) is 4.51. The predicted molar refractivity (Wildman–Crippen MR) is 117 cm³/mol. The molecule has 2 aromatic carbocycles. The average Bonchev–Trinajstić information content (AvgIpc) is 3.27. The van der Waals surface area contributed by atoms with E-state index in [2.05, 4.69) is 27.5 Å². The number of hydrogen-bond acceptors (Lipinski definition) is 2. The predicted octanol–water partition coefficient (Wildman–Crippen LogP) is 5.34. The molecule has 5 nitrogen and oxygen atoms in total. The van der Waals surface area contributed by atoms with Gasteiger partial charge in [0.15, 0.2) is 5.82 Å². The van der Waals surface area contributed by atoms with E-state index in [1.54, 1.807) is 0 Å². The maximum absolute atomic E-state index is 12.3. The van der Waals surface area contributed by atoms with Gasteiger partial charge in [-0.1, -0.05) is 48.0 Å². The molecule has 2 heterocycles. The van der Waals surface area contributed by atoms with Crippen LogP contribution in [0.5, 0.6) is 0 Å². The number of amides is 1. The molecule has 148 valence electrons. The number of carbonyl (C=O) groups is 1. The number of fused-ring (bicyclic) bond motifs is 1. The fourth-order valence-corrected chi connectivity index (χ4v) is 3.70. The third-order valence-corrected chi connectivity index (χ3v) is 5.42. The Morgan fingerprint density at radius 1 is 1.14 bits per heavy atom. The minimum absolute atomic E-state index is 0.0211. The molecule has 0 bridgehead atoms. The van der Waals surface area contributed by atoms with E-state index in [4.69, 9.17) is 11.6 Å². The Morgan fingerprint density at radius 2 is 1.93 bits per heavy atom. The van der Waals surface area contributed by atoms with Crippen LogP contribution in [0.15, 0.2) is 60.8 Å². The molecule has 0 radical (unpaired) electrons. The van der Waals surface area contributed by atoms with Crippen molar-refractivity contribution in [1.82, 2.24) is 14.8 Å². The number of rotatable bonds is 7. The molecule has 0 saturated heterocycles. The minimum atomic E-state index is -0.0211. The van der Waals surface area contributed by atoms with Crippen molar-refractivity contribution in [3.05, 3.63) is 82.6 Å². The number of aromatic amines is 1. The number of aromatic nitrogens is 3. The lowest BCUT2D eigenvalue weighted by atomic mass is 10.1. The number of hydrogen-bond donors (Lipinski definition) is 2. The normalized spacial score (nSPS) is 11.1. The molecule has 2 N–H and O–H groups in total. The van der Waals surface area contributed by atoms with Crippen molar-refractivity contribution >= 4 is 34.2 Å². The fraction of sp³-hybridized carbons (Fsp3) is 0.217. The van der Waals surface area contributed by atoms with Gasteiger partial charge in [-0.15, -0.1) is 0 Å². The monoisotopic (exact) mass is 406 g/mol. The maximum atomic E-state index is 12.3.